The molecule has 1 fully saturated rings. The number of fused-ring (bicyclic) bond motifs is 1. The molecular formula is C12H13ClO2. The fraction of sp³-hybridized carbons (Fsp3) is 0.500. The Balaban J connectivity index is 1.93. The van der Waals surface area contributed by atoms with Gasteiger partial charge in [0.25, 0.3) is 0 Å². The second-order valence-corrected chi connectivity index (χ2v) is 4.86. The van der Waals surface area contributed by atoms with Crippen molar-refractivity contribution in [3.8, 4) is 5.75 Å². The van der Waals surface area contributed by atoms with Crippen molar-refractivity contribution in [1.82, 2.24) is 0 Å². The summed E-state index contributed by atoms with van der Waals surface area (Å²) in [5.74, 6) is 1.46. The Labute approximate surface area is 93.8 Å². The first-order chi connectivity index (χ1) is 7.24. The van der Waals surface area contributed by atoms with Gasteiger partial charge in [0, 0.05) is 17.0 Å². The molecule has 3 rings (SSSR count). The molecule has 2 nitrogen and oxygen atoms in total. The van der Waals surface area contributed by atoms with Crippen LogP contribution in [0.4, 0.5) is 0 Å². The van der Waals surface area contributed by atoms with E-state index in [-0.39, 0.29) is 6.10 Å². The quantitative estimate of drug-likeness (QED) is 0.795. The van der Waals surface area contributed by atoms with Crippen LogP contribution < -0.4 is 4.74 Å². The molecule has 0 saturated heterocycles. The molecule has 1 heterocycles. The maximum absolute atomic E-state index is 9.99. The number of hydrogen-bond acceptors (Lipinski definition) is 2. The van der Waals surface area contributed by atoms with Gasteiger partial charge in [0.2, 0.25) is 0 Å². The predicted molar refractivity (Wildman–Crippen MR) is 58.2 cm³/mol. The highest BCUT2D eigenvalue weighted by Crippen LogP contribution is 2.44. The summed E-state index contributed by atoms with van der Waals surface area (Å²) in [4.78, 5) is 0. The largest absolute Gasteiger partial charge is 0.490 e. The van der Waals surface area contributed by atoms with Gasteiger partial charge in [-0.3, -0.25) is 0 Å². The van der Waals surface area contributed by atoms with Gasteiger partial charge in [-0.1, -0.05) is 11.6 Å². The molecule has 1 aliphatic heterocycles. The maximum Gasteiger partial charge on any atom is 0.125 e. The van der Waals surface area contributed by atoms with Crippen LogP contribution in [0.5, 0.6) is 5.75 Å². The van der Waals surface area contributed by atoms with Crippen molar-refractivity contribution in [1.29, 1.82) is 0 Å². The molecule has 2 aliphatic rings. The zero-order chi connectivity index (χ0) is 10.4. The summed E-state index contributed by atoms with van der Waals surface area (Å²) in [6, 6.07) is 5.46. The first-order valence-electron chi connectivity index (χ1n) is 5.38. The van der Waals surface area contributed by atoms with Crippen molar-refractivity contribution in [3.05, 3.63) is 28.8 Å². The molecule has 0 radical (unpaired) electrons. The minimum Gasteiger partial charge on any atom is -0.490 e. The van der Waals surface area contributed by atoms with E-state index >= 15 is 0 Å². The molecule has 1 aromatic carbocycles. The number of aliphatic hydroxyl groups is 1. The van der Waals surface area contributed by atoms with Crippen LogP contribution in [0.1, 0.15) is 30.9 Å². The fourth-order valence-electron chi connectivity index (χ4n) is 2.20. The monoisotopic (exact) mass is 224 g/mol. The van der Waals surface area contributed by atoms with Crippen LogP contribution in [0.25, 0.3) is 0 Å². The number of halogens is 1. The molecule has 1 saturated carbocycles. The third-order valence-corrected chi connectivity index (χ3v) is 3.45. The van der Waals surface area contributed by atoms with Gasteiger partial charge in [0.15, 0.2) is 0 Å². The standard InChI is InChI=1S/C12H13ClO2/c13-8-3-4-11-9(5-8)10(14)6-12(15-11)7-1-2-7/h3-5,7,10,12,14H,1-2,6H2/t10-,12?/m0/s1. The Morgan fingerprint density at radius 2 is 2.13 bits per heavy atom. The molecule has 3 heteroatoms. The van der Waals surface area contributed by atoms with Crippen molar-refractivity contribution in [2.75, 3.05) is 0 Å². The lowest BCUT2D eigenvalue weighted by Gasteiger charge is -2.29. The topological polar surface area (TPSA) is 29.5 Å². The van der Waals surface area contributed by atoms with Crippen LogP contribution in [-0.2, 0) is 0 Å². The number of rotatable bonds is 1. The maximum atomic E-state index is 9.99. The summed E-state index contributed by atoms with van der Waals surface area (Å²) in [5.41, 5.74) is 0.833. The second-order valence-electron chi connectivity index (χ2n) is 4.43. The van der Waals surface area contributed by atoms with Gasteiger partial charge < -0.3 is 9.84 Å². The molecule has 15 heavy (non-hydrogen) atoms. The van der Waals surface area contributed by atoms with Gasteiger partial charge in [-0.2, -0.15) is 0 Å². The molecular weight excluding hydrogens is 212 g/mol. The van der Waals surface area contributed by atoms with Crippen molar-refractivity contribution >= 4 is 11.6 Å². The van der Waals surface area contributed by atoms with Crippen LogP contribution in [-0.4, -0.2) is 11.2 Å². The van der Waals surface area contributed by atoms with Crippen LogP contribution in [0.15, 0.2) is 18.2 Å². The van der Waals surface area contributed by atoms with E-state index in [0.717, 1.165) is 11.3 Å². The first kappa shape index (κ1) is 9.49. The van der Waals surface area contributed by atoms with Crippen molar-refractivity contribution in [2.24, 2.45) is 5.92 Å². The highest BCUT2D eigenvalue weighted by Gasteiger charge is 2.38. The summed E-state index contributed by atoms with van der Waals surface area (Å²) in [6.45, 7) is 0. The number of aliphatic hydroxyl groups excluding tert-OH is 1. The zero-order valence-electron chi connectivity index (χ0n) is 8.32. The van der Waals surface area contributed by atoms with Gasteiger partial charge in [-0.15, -0.1) is 0 Å². The summed E-state index contributed by atoms with van der Waals surface area (Å²) in [5, 5.41) is 10.6. The molecule has 0 aromatic heterocycles. The lowest BCUT2D eigenvalue weighted by molar-refractivity contribution is 0.0551. The molecule has 80 valence electrons. The average Bonchev–Trinajstić information content (AvgIpc) is 3.02. The van der Waals surface area contributed by atoms with E-state index in [9.17, 15) is 5.11 Å². The summed E-state index contributed by atoms with van der Waals surface area (Å²) in [7, 11) is 0. The van der Waals surface area contributed by atoms with E-state index in [0.29, 0.717) is 17.4 Å². The van der Waals surface area contributed by atoms with E-state index < -0.39 is 6.10 Å². The van der Waals surface area contributed by atoms with Gasteiger partial charge >= 0.3 is 0 Å². The zero-order valence-corrected chi connectivity index (χ0v) is 9.07. The molecule has 0 spiro atoms. The highest BCUT2D eigenvalue weighted by molar-refractivity contribution is 6.30. The fourth-order valence-corrected chi connectivity index (χ4v) is 2.38. The van der Waals surface area contributed by atoms with Gasteiger partial charge in [-0.25, -0.2) is 0 Å². The minimum absolute atomic E-state index is 0.202. The van der Waals surface area contributed by atoms with Gasteiger partial charge in [-0.05, 0) is 37.0 Å². The molecule has 1 N–H and O–H groups in total. The molecule has 1 aromatic rings. The van der Waals surface area contributed by atoms with Gasteiger partial charge in [0.05, 0.1) is 6.10 Å². The Bertz CT molecular complexity index is 387. The Morgan fingerprint density at radius 3 is 2.87 bits per heavy atom. The van der Waals surface area contributed by atoms with E-state index in [4.69, 9.17) is 16.3 Å². The lowest BCUT2D eigenvalue weighted by Crippen LogP contribution is -2.27. The lowest BCUT2D eigenvalue weighted by atomic mass is 9.97. The van der Waals surface area contributed by atoms with Crippen LogP contribution in [0, 0.1) is 5.92 Å². The van der Waals surface area contributed by atoms with Crippen LogP contribution in [0.3, 0.4) is 0 Å². The van der Waals surface area contributed by atoms with E-state index in [1.807, 2.05) is 12.1 Å². The molecule has 1 aliphatic carbocycles. The highest BCUT2D eigenvalue weighted by atomic mass is 35.5. The predicted octanol–water partition coefficient (Wildman–Crippen LogP) is 2.93. The van der Waals surface area contributed by atoms with Crippen LogP contribution >= 0.6 is 11.6 Å². The smallest absolute Gasteiger partial charge is 0.125 e. The van der Waals surface area contributed by atoms with Crippen LogP contribution in [0.2, 0.25) is 5.02 Å². The Hall–Kier alpha value is -0.730. The number of benzene rings is 1. The van der Waals surface area contributed by atoms with Gasteiger partial charge in [0.1, 0.15) is 11.9 Å². The number of ether oxygens (including phenoxy) is 1. The van der Waals surface area contributed by atoms with Crippen molar-refractivity contribution in [2.45, 2.75) is 31.5 Å². The minimum atomic E-state index is -0.418. The summed E-state index contributed by atoms with van der Waals surface area (Å²) in [6.07, 6.45) is 2.96. The number of hydrogen-bond donors (Lipinski definition) is 1. The van der Waals surface area contributed by atoms with Crippen molar-refractivity contribution < 1.29 is 9.84 Å². The third-order valence-electron chi connectivity index (χ3n) is 3.21. The second kappa shape index (κ2) is 3.39. The van der Waals surface area contributed by atoms with Crippen molar-refractivity contribution in [3.63, 3.8) is 0 Å². The third kappa shape index (κ3) is 1.72. The SMILES string of the molecule is O[C@H]1CC(C2CC2)Oc2ccc(Cl)cc21. The molecule has 0 amide bonds. The molecule has 2 atom stereocenters. The molecule has 0 bridgehead atoms. The molecule has 1 unspecified atom stereocenters. The first-order valence-corrected chi connectivity index (χ1v) is 5.76. The summed E-state index contributed by atoms with van der Waals surface area (Å²) < 4.78 is 5.86. The summed E-state index contributed by atoms with van der Waals surface area (Å²) >= 11 is 5.89. The van der Waals surface area contributed by atoms with E-state index in [2.05, 4.69) is 0 Å². The normalized spacial score (nSPS) is 29.5. The Kier molecular flexibility index (Phi) is 2.15. The average molecular weight is 225 g/mol. The van der Waals surface area contributed by atoms with E-state index in [1.165, 1.54) is 12.8 Å². The Morgan fingerprint density at radius 1 is 1.33 bits per heavy atom. The van der Waals surface area contributed by atoms with E-state index in [1.54, 1.807) is 6.07 Å².